The second-order valence-corrected chi connectivity index (χ2v) is 11.3. The van der Waals surface area contributed by atoms with E-state index in [0.717, 1.165) is 31.2 Å². The fourth-order valence-corrected chi connectivity index (χ4v) is 4.00. The highest BCUT2D eigenvalue weighted by molar-refractivity contribution is 6.01. The zero-order chi connectivity index (χ0) is 27.6. The molecular formula is C27H41N5O5. The molecule has 37 heavy (non-hydrogen) atoms. The van der Waals surface area contributed by atoms with Crippen LogP contribution in [-0.2, 0) is 15.1 Å². The first-order valence-electron chi connectivity index (χ1n) is 12.7. The number of carbonyl (C=O) groups is 1. The summed E-state index contributed by atoms with van der Waals surface area (Å²) in [6, 6.07) is 3.75. The van der Waals surface area contributed by atoms with Crippen LogP contribution in [0.15, 0.2) is 24.5 Å². The quantitative estimate of drug-likeness (QED) is 0.473. The standard InChI is InChI=1S/C21H27N5O3.C6H14O2/c1-21(2,28)17-9-4-13(10-22-17)16-11-23-19-20(25-16)26(18(27)12-24-19)14-5-7-15(29-3)8-6-14;1-5(2,7)6(3,4)8/h4,9-11,14-15,28H,5-8,12H2,1-3H3,(H,23,24);7-8H,1-4H3/t14-,15-;. The summed E-state index contributed by atoms with van der Waals surface area (Å²) in [6.45, 7) is 9.93. The number of methoxy groups -OCH3 is 1. The van der Waals surface area contributed by atoms with Gasteiger partial charge in [0.1, 0.15) is 5.60 Å². The molecular weight excluding hydrogens is 474 g/mol. The largest absolute Gasteiger partial charge is 0.387 e. The van der Waals surface area contributed by atoms with E-state index in [-0.39, 0.29) is 24.6 Å². The third kappa shape index (κ3) is 7.01. The van der Waals surface area contributed by atoms with E-state index in [2.05, 4.69) is 15.3 Å². The molecule has 2 aliphatic rings. The van der Waals surface area contributed by atoms with Gasteiger partial charge >= 0.3 is 0 Å². The molecule has 0 radical (unpaired) electrons. The van der Waals surface area contributed by atoms with Gasteiger partial charge in [0, 0.05) is 24.9 Å². The van der Waals surface area contributed by atoms with E-state index in [9.17, 15) is 9.90 Å². The van der Waals surface area contributed by atoms with Crippen LogP contribution >= 0.6 is 0 Å². The van der Waals surface area contributed by atoms with Gasteiger partial charge in [-0.3, -0.25) is 14.7 Å². The highest BCUT2D eigenvalue weighted by Crippen LogP contribution is 2.34. The van der Waals surface area contributed by atoms with Gasteiger partial charge in [-0.25, -0.2) is 9.97 Å². The number of nitrogens with one attached hydrogen (secondary N) is 1. The first-order chi connectivity index (χ1) is 17.1. The number of aliphatic hydroxyl groups is 3. The van der Waals surface area contributed by atoms with Crippen LogP contribution < -0.4 is 10.2 Å². The predicted molar refractivity (Wildman–Crippen MR) is 142 cm³/mol. The molecule has 2 aromatic heterocycles. The summed E-state index contributed by atoms with van der Waals surface area (Å²) in [5.74, 6) is 1.22. The number of carbonyl (C=O) groups excluding carboxylic acids is 1. The number of hydrogen-bond acceptors (Lipinski definition) is 9. The molecule has 10 nitrogen and oxygen atoms in total. The van der Waals surface area contributed by atoms with Crippen LogP contribution in [0.2, 0.25) is 0 Å². The van der Waals surface area contributed by atoms with Crippen molar-refractivity contribution in [3.05, 3.63) is 30.2 Å². The first kappa shape index (κ1) is 28.9. The molecule has 0 unspecified atom stereocenters. The Hall–Kier alpha value is -2.66. The van der Waals surface area contributed by atoms with Crippen LogP contribution in [-0.4, -0.2) is 73.2 Å². The maximum absolute atomic E-state index is 12.7. The van der Waals surface area contributed by atoms with Crippen molar-refractivity contribution in [3.63, 3.8) is 0 Å². The van der Waals surface area contributed by atoms with Crippen LogP contribution in [0.25, 0.3) is 11.3 Å². The number of ether oxygens (including phenoxy) is 1. The fourth-order valence-electron chi connectivity index (χ4n) is 4.00. The Labute approximate surface area is 219 Å². The van der Waals surface area contributed by atoms with Gasteiger partial charge in [0.05, 0.1) is 41.4 Å². The lowest BCUT2D eigenvalue weighted by molar-refractivity contribution is -0.118. The minimum Gasteiger partial charge on any atom is -0.387 e. The van der Waals surface area contributed by atoms with Crippen molar-refractivity contribution in [1.82, 2.24) is 15.0 Å². The predicted octanol–water partition coefficient (Wildman–Crippen LogP) is 3.01. The lowest BCUT2D eigenvalue weighted by atomic mass is 9.90. The van der Waals surface area contributed by atoms with Crippen molar-refractivity contribution in [2.75, 3.05) is 23.9 Å². The second-order valence-electron chi connectivity index (χ2n) is 11.3. The number of rotatable bonds is 5. The van der Waals surface area contributed by atoms with Gasteiger partial charge in [-0.1, -0.05) is 0 Å². The number of fused-ring (bicyclic) bond motifs is 1. The van der Waals surface area contributed by atoms with Crippen LogP contribution in [0.1, 0.15) is 72.9 Å². The summed E-state index contributed by atoms with van der Waals surface area (Å²) in [5.41, 5.74) is -1.01. The summed E-state index contributed by atoms with van der Waals surface area (Å²) in [5, 5.41) is 31.4. The number of nitrogens with zero attached hydrogens (tertiary/aromatic N) is 4. The Morgan fingerprint density at radius 3 is 2.05 bits per heavy atom. The molecule has 0 saturated heterocycles. The summed E-state index contributed by atoms with van der Waals surface area (Å²) in [7, 11) is 1.74. The van der Waals surface area contributed by atoms with Crippen LogP contribution in [0.4, 0.5) is 11.6 Å². The number of aromatic nitrogens is 3. The van der Waals surface area contributed by atoms with E-state index in [1.807, 2.05) is 11.0 Å². The zero-order valence-electron chi connectivity index (χ0n) is 22.9. The van der Waals surface area contributed by atoms with Crippen LogP contribution in [0, 0.1) is 0 Å². The normalized spacial score (nSPS) is 20.5. The molecule has 0 atom stereocenters. The van der Waals surface area contributed by atoms with Crippen molar-refractivity contribution in [1.29, 1.82) is 0 Å². The van der Waals surface area contributed by atoms with Crippen LogP contribution in [0.3, 0.4) is 0 Å². The molecule has 4 N–H and O–H groups in total. The van der Waals surface area contributed by atoms with E-state index in [0.29, 0.717) is 23.0 Å². The monoisotopic (exact) mass is 515 g/mol. The third-order valence-corrected chi connectivity index (χ3v) is 7.18. The van der Waals surface area contributed by atoms with E-state index in [1.54, 1.807) is 67.1 Å². The Morgan fingerprint density at radius 1 is 0.946 bits per heavy atom. The summed E-state index contributed by atoms with van der Waals surface area (Å²) >= 11 is 0. The molecule has 0 aromatic carbocycles. The molecule has 0 spiro atoms. The minimum absolute atomic E-state index is 0.0142. The lowest BCUT2D eigenvalue weighted by Crippen LogP contribution is -2.49. The average molecular weight is 516 g/mol. The molecule has 4 rings (SSSR count). The van der Waals surface area contributed by atoms with Gasteiger partial charge in [-0.05, 0) is 79.4 Å². The Morgan fingerprint density at radius 2 is 1.57 bits per heavy atom. The van der Waals surface area contributed by atoms with Crippen molar-refractivity contribution in [2.24, 2.45) is 0 Å². The summed E-state index contributed by atoms with van der Waals surface area (Å²) in [6.07, 6.45) is 7.26. The Balaban J connectivity index is 0.000000414. The summed E-state index contributed by atoms with van der Waals surface area (Å²) < 4.78 is 5.47. The highest BCUT2D eigenvalue weighted by atomic mass is 16.5. The van der Waals surface area contributed by atoms with Gasteiger partial charge < -0.3 is 25.4 Å². The SMILES string of the molecule is CC(C)(O)C(C)(C)O.CO[C@H]1CC[C@H](N2C(=O)CNc3ncc(-c4ccc(C(C)(C)O)nc4)nc32)CC1. The minimum atomic E-state index is -1.01. The number of hydrogen-bond donors (Lipinski definition) is 4. The molecule has 1 aliphatic heterocycles. The molecule has 10 heteroatoms. The van der Waals surface area contributed by atoms with E-state index >= 15 is 0 Å². The van der Waals surface area contributed by atoms with Crippen molar-refractivity contribution in [2.45, 2.75) is 96.2 Å². The Bertz CT molecular complexity index is 1050. The molecule has 1 aliphatic carbocycles. The molecule has 2 aromatic rings. The topological polar surface area (TPSA) is 141 Å². The van der Waals surface area contributed by atoms with Gasteiger partial charge in [0.15, 0.2) is 11.6 Å². The van der Waals surface area contributed by atoms with Gasteiger partial charge in [0.25, 0.3) is 0 Å². The Kier molecular flexibility index (Phi) is 8.58. The smallest absolute Gasteiger partial charge is 0.247 e. The zero-order valence-corrected chi connectivity index (χ0v) is 22.9. The van der Waals surface area contributed by atoms with Gasteiger partial charge in [-0.15, -0.1) is 0 Å². The molecule has 1 amide bonds. The van der Waals surface area contributed by atoms with Crippen molar-refractivity contribution >= 4 is 17.5 Å². The van der Waals surface area contributed by atoms with Crippen LogP contribution in [0.5, 0.6) is 0 Å². The van der Waals surface area contributed by atoms with Crippen molar-refractivity contribution in [3.8, 4) is 11.3 Å². The molecule has 204 valence electrons. The maximum Gasteiger partial charge on any atom is 0.247 e. The maximum atomic E-state index is 12.7. The molecule has 1 fully saturated rings. The van der Waals surface area contributed by atoms with Gasteiger partial charge in [0.2, 0.25) is 5.91 Å². The summed E-state index contributed by atoms with van der Waals surface area (Å²) in [4.78, 5) is 28.2. The number of amides is 1. The number of pyridine rings is 1. The number of anilines is 2. The highest BCUT2D eigenvalue weighted by Gasteiger charge is 2.35. The third-order valence-electron chi connectivity index (χ3n) is 7.18. The fraction of sp³-hybridized carbons (Fsp3) is 0.630. The van der Waals surface area contributed by atoms with E-state index in [4.69, 9.17) is 19.9 Å². The second kappa shape index (κ2) is 11.0. The average Bonchev–Trinajstić information content (AvgIpc) is 2.82. The van der Waals surface area contributed by atoms with Gasteiger partial charge in [-0.2, -0.15) is 0 Å². The van der Waals surface area contributed by atoms with Crippen molar-refractivity contribution < 1.29 is 24.9 Å². The van der Waals surface area contributed by atoms with E-state index < -0.39 is 16.8 Å². The molecule has 3 heterocycles. The first-order valence-corrected chi connectivity index (χ1v) is 12.7. The molecule has 0 bridgehead atoms. The lowest BCUT2D eigenvalue weighted by Gasteiger charge is -2.38. The van der Waals surface area contributed by atoms with E-state index in [1.165, 1.54) is 0 Å². The molecule has 1 saturated carbocycles.